The molecule has 3 aromatic heterocycles. The fourth-order valence-corrected chi connectivity index (χ4v) is 3.22. The number of hydrogen-bond donors (Lipinski definition) is 1. The van der Waals surface area contributed by atoms with Gasteiger partial charge in [-0.3, -0.25) is 14.7 Å². The van der Waals surface area contributed by atoms with E-state index in [0.29, 0.717) is 37.0 Å². The molecule has 1 aliphatic heterocycles. The van der Waals surface area contributed by atoms with Crippen LogP contribution in [0.2, 0.25) is 0 Å². The molecule has 4 rings (SSSR count). The molecule has 10 nitrogen and oxygen atoms in total. The van der Waals surface area contributed by atoms with Crippen molar-refractivity contribution in [2.45, 2.75) is 12.5 Å². The van der Waals surface area contributed by atoms with Gasteiger partial charge in [0, 0.05) is 51.6 Å². The predicted octanol–water partition coefficient (Wildman–Crippen LogP) is 1.06. The first-order valence-corrected chi connectivity index (χ1v) is 9.52. The summed E-state index contributed by atoms with van der Waals surface area (Å²) in [6.07, 6.45) is 6.13. The summed E-state index contributed by atoms with van der Waals surface area (Å²) in [6.45, 7) is 2.78. The van der Waals surface area contributed by atoms with Crippen molar-refractivity contribution >= 4 is 5.96 Å². The Bertz CT molecular complexity index is 952. The lowest BCUT2D eigenvalue weighted by Crippen LogP contribution is -2.48. The van der Waals surface area contributed by atoms with E-state index in [2.05, 4.69) is 35.4 Å². The van der Waals surface area contributed by atoms with E-state index in [9.17, 15) is 0 Å². The van der Waals surface area contributed by atoms with Crippen LogP contribution in [0.5, 0.6) is 0 Å². The number of guanidine groups is 1. The number of pyridine rings is 1. The normalized spacial score (nSPS) is 17.5. The summed E-state index contributed by atoms with van der Waals surface area (Å²) in [7, 11) is 3.69. The molecule has 1 N–H and O–H groups in total. The van der Waals surface area contributed by atoms with E-state index in [1.165, 1.54) is 0 Å². The largest absolute Gasteiger partial charge is 0.370 e. The van der Waals surface area contributed by atoms with Gasteiger partial charge in [0.2, 0.25) is 0 Å². The van der Waals surface area contributed by atoms with E-state index in [1.54, 1.807) is 17.9 Å². The molecule has 1 unspecified atom stereocenters. The molecular weight excluding hydrogens is 372 g/mol. The van der Waals surface area contributed by atoms with Gasteiger partial charge in [-0.1, -0.05) is 11.2 Å². The molecule has 0 bridgehead atoms. The van der Waals surface area contributed by atoms with E-state index < -0.39 is 0 Å². The summed E-state index contributed by atoms with van der Waals surface area (Å²) in [6, 6.07) is 5.58. The number of nitrogens with zero attached hydrogens (tertiary/aromatic N) is 7. The lowest BCUT2D eigenvalue weighted by atomic mass is 10.1. The average Bonchev–Trinajstić information content (AvgIpc) is 3.41. The summed E-state index contributed by atoms with van der Waals surface area (Å²) < 4.78 is 13.0. The highest BCUT2D eigenvalue weighted by atomic mass is 16.5. The third-order valence-electron chi connectivity index (χ3n) is 4.66. The zero-order valence-electron chi connectivity index (χ0n) is 16.5. The topological polar surface area (TPSA) is 106 Å². The minimum absolute atomic E-state index is 0.0193. The first-order chi connectivity index (χ1) is 14.2. The van der Waals surface area contributed by atoms with Crippen LogP contribution in [-0.4, -0.2) is 69.1 Å². The van der Waals surface area contributed by atoms with Gasteiger partial charge in [0.05, 0.1) is 19.3 Å². The second-order valence-electron chi connectivity index (χ2n) is 6.71. The van der Waals surface area contributed by atoms with Gasteiger partial charge < -0.3 is 19.5 Å². The van der Waals surface area contributed by atoms with Crippen molar-refractivity contribution in [3.8, 4) is 11.6 Å². The predicted molar refractivity (Wildman–Crippen MR) is 106 cm³/mol. The molecule has 152 valence electrons. The third kappa shape index (κ3) is 4.60. The molecule has 29 heavy (non-hydrogen) atoms. The molecule has 0 spiro atoms. The van der Waals surface area contributed by atoms with Crippen LogP contribution in [0.4, 0.5) is 0 Å². The van der Waals surface area contributed by atoms with Crippen molar-refractivity contribution in [1.29, 1.82) is 0 Å². The van der Waals surface area contributed by atoms with Crippen molar-refractivity contribution in [2.24, 2.45) is 12.0 Å². The number of rotatable bonds is 5. The molecule has 1 saturated heterocycles. The van der Waals surface area contributed by atoms with E-state index in [4.69, 9.17) is 9.26 Å². The molecule has 3 aromatic rings. The Hall–Kier alpha value is -3.27. The first-order valence-electron chi connectivity index (χ1n) is 9.52. The second kappa shape index (κ2) is 8.82. The monoisotopic (exact) mass is 396 g/mol. The molecule has 0 aliphatic carbocycles. The number of hydrogen-bond acceptors (Lipinski definition) is 7. The maximum atomic E-state index is 5.90. The first kappa shape index (κ1) is 19.1. The highest BCUT2D eigenvalue weighted by Crippen LogP contribution is 2.21. The Kier molecular flexibility index (Phi) is 5.80. The van der Waals surface area contributed by atoms with Gasteiger partial charge in [-0.25, -0.2) is 0 Å². The molecule has 0 saturated carbocycles. The fourth-order valence-electron chi connectivity index (χ4n) is 3.22. The quantitative estimate of drug-likeness (QED) is 0.504. The minimum Gasteiger partial charge on any atom is -0.370 e. The Balaban J connectivity index is 1.31. The smallest absolute Gasteiger partial charge is 0.276 e. The van der Waals surface area contributed by atoms with Gasteiger partial charge >= 0.3 is 0 Å². The lowest BCUT2D eigenvalue weighted by molar-refractivity contribution is -0.00801. The van der Waals surface area contributed by atoms with Crippen LogP contribution in [0.3, 0.4) is 0 Å². The standard InChI is InChI=1S/C19H24N8O2/c1-20-19(27-9-10-28-16(13-27)14-11-23-26(2)12-14)22-8-6-17-24-18(29-25-17)15-5-3-4-7-21-15/h3-5,7,11-12,16H,6,8-10,13H2,1-2H3,(H,20,22). The molecule has 4 heterocycles. The summed E-state index contributed by atoms with van der Waals surface area (Å²) >= 11 is 0. The number of morpholine rings is 1. The third-order valence-corrected chi connectivity index (χ3v) is 4.66. The molecule has 1 aliphatic rings. The van der Waals surface area contributed by atoms with Gasteiger partial charge in [0.1, 0.15) is 11.8 Å². The van der Waals surface area contributed by atoms with E-state index in [-0.39, 0.29) is 6.10 Å². The number of aromatic nitrogens is 5. The van der Waals surface area contributed by atoms with Crippen LogP contribution in [0.1, 0.15) is 17.5 Å². The molecular formula is C19H24N8O2. The second-order valence-corrected chi connectivity index (χ2v) is 6.71. The van der Waals surface area contributed by atoms with Crippen molar-refractivity contribution in [1.82, 2.24) is 35.1 Å². The molecule has 1 fully saturated rings. The van der Waals surface area contributed by atoms with Gasteiger partial charge in [-0.2, -0.15) is 10.1 Å². The van der Waals surface area contributed by atoms with Crippen LogP contribution < -0.4 is 5.32 Å². The average molecular weight is 396 g/mol. The van der Waals surface area contributed by atoms with Crippen LogP contribution in [-0.2, 0) is 18.2 Å². The molecule has 1 atom stereocenters. The van der Waals surface area contributed by atoms with E-state index in [0.717, 1.165) is 24.6 Å². The van der Waals surface area contributed by atoms with Gasteiger partial charge in [0.15, 0.2) is 11.8 Å². The Morgan fingerprint density at radius 2 is 2.31 bits per heavy atom. The van der Waals surface area contributed by atoms with Crippen LogP contribution in [0.25, 0.3) is 11.6 Å². The van der Waals surface area contributed by atoms with Crippen LogP contribution in [0.15, 0.2) is 46.3 Å². The minimum atomic E-state index is -0.0193. The van der Waals surface area contributed by atoms with Gasteiger partial charge in [-0.05, 0) is 12.1 Å². The van der Waals surface area contributed by atoms with Crippen LogP contribution in [0, 0.1) is 0 Å². The molecule has 0 radical (unpaired) electrons. The van der Waals surface area contributed by atoms with Crippen molar-refractivity contribution in [2.75, 3.05) is 33.3 Å². The zero-order chi connectivity index (χ0) is 20.1. The highest BCUT2D eigenvalue weighted by Gasteiger charge is 2.25. The lowest BCUT2D eigenvalue weighted by Gasteiger charge is -2.34. The van der Waals surface area contributed by atoms with E-state index in [1.807, 2.05) is 37.6 Å². The Labute approximate surface area is 168 Å². The fraction of sp³-hybridized carbons (Fsp3) is 0.421. The van der Waals surface area contributed by atoms with Crippen molar-refractivity contribution < 1.29 is 9.26 Å². The molecule has 0 aromatic carbocycles. The zero-order valence-corrected chi connectivity index (χ0v) is 16.5. The van der Waals surface area contributed by atoms with Gasteiger partial charge in [0.25, 0.3) is 5.89 Å². The SMILES string of the molecule is CN=C(NCCc1noc(-c2ccccn2)n1)N1CCOC(c2cnn(C)c2)C1. The summed E-state index contributed by atoms with van der Waals surface area (Å²) in [5.41, 5.74) is 1.74. The summed E-state index contributed by atoms with van der Waals surface area (Å²) in [4.78, 5) is 15.2. The van der Waals surface area contributed by atoms with Crippen molar-refractivity contribution in [3.05, 3.63) is 48.2 Å². The van der Waals surface area contributed by atoms with Crippen LogP contribution >= 0.6 is 0 Å². The van der Waals surface area contributed by atoms with Gasteiger partial charge in [-0.15, -0.1) is 0 Å². The summed E-state index contributed by atoms with van der Waals surface area (Å²) in [5, 5.41) is 11.6. The Morgan fingerprint density at radius 1 is 1.38 bits per heavy atom. The number of nitrogens with one attached hydrogen (secondary N) is 1. The highest BCUT2D eigenvalue weighted by molar-refractivity contribution is 5.80. The Morgan fingerprint density at radius 3 is 3.07 bits per heavy atom. The molecule has 10 heteroatoms. The van der Waals surface area contributed by atoms with Crippen molar-refractivity contribution in [3.63, 3.8) is 0 Å². The summed E-state index contributed by atoms with van der Waals surface area (Å²) in [5.74, 6) is 1.89. The maximum Gasteiger partial charge on any atom is 0.276 e. The number of aliphatic imine (C=N–C) groups is 1. The maximum absolute atomic E-state index is 5.90. The number of aryl methyl sites for hydroxylation is 1. The van der Waals surface area contributed by atoms with E-state index >= 15 is 0 Å². The number of ether oxygens (including phenoxy) is 1. The molecule has 0 amide bonds.